The predicted molar refractivity (Wildman–Crippen MR) is 114 cm³/mol. The first-order valence-corrected chi connectivity index (χ1v) is 9.81. The number of aromatic nitrogens is 5. The smallest absolute Gasteiger partial charge is 0.231 e. The second-order valence-electron chi connectivity index (χ2n) is 7.08. The summed E-state index contributed by atoms with van der Waals surface area (Å²) in [6.07, 6.45) is 4.51. The molecule has 0 bridgehead atoms. The van der Waals surface area contributed by atoms with Gasteiger partial charge in [-0.2, -0.15) is 5.10 Å². The third kappa shape index (κ3) is 4.06. The summed E-state index contributed by atoms with van der Waals surface area (Å²) < 4.78 is 7.49. The lowest BCUT2D eigenvalue weighted by molar-refractivity contribution is -0.120. The van der Waals surface area contributed by atoms with Crippen LogP contribution in [0.25, 0.3) is 5.82 Å². The molecule has 2 aromatic heterocycles. The number of hydrogen-bond donors (Lipinski definition) is 1. The van der Waals surface area contributed by atoms with Gasteiger partial charge < -0.3 is 15.0 Å². The number of nitrogens with zero attached hydrogens (tertiary/aromatic N) is 6. The molecule has 1 N–H and O–H groups in total. The van der Waals surface area contributed by atoms with Crippen LogP contribution < -0.4 is 15.0 Å². The highest BCUT2D eigenvalue weighted by Gasteiger charge is 2.34. The topological polar surface area (TPSA) is 98.1 Å². The number of para-hydroxylation sites is 3. The van der Waals surface area contributed by atoms with Crippen molar-refractivity contribution in [3.05, 3.63) is 79.6 Å². The van der Waals surface area contributed by atoms with E-state index in [9.17, 15) is 4.79 Å². The van der Waals surface area contributed by atoms with Crippen molar-refractivity contribution >= 4 is 17.4 Å². The first-order chi connectivity index (χ1) is 15.3. The molecule has 9 heteroatoms. The lowest BCUT2D eigenvalue weighted by Gasteiger charge is -2.39. The van der Waals surface area contributed by atoms with Crippen molar-refractivity contribution < 1.29 is 9.53 Å². The molecule has 0 aliphatic carbocycles. The third-order valence-corrected chi connectivity index (χ3v) is 4.98. The van der Waals surface area contributed by atoms with Crippen LogP contribution in [0.15, 0.2) is 79.6 Å². The Morgan fingerprint density at radius 2 is 1.74 bits per heavy atom. The van der Waals surface area contributed by atoms with Crippen molar-refractivity contribution in [3.8, 4) is 17.3 Å². The molecule has 2 aromatic carbocycles. The molecule has 1 aliphatic rings. The molecule has 9 nitrogen and oxygen atoms in total. The van der Waals surface area contributed by atoms with E-state index in [4.69, 9.17) is 4.74 Å². The fourth-order valence-electron chi connectivity index (χ4n) is 3.30. The van der Waals surface area contributed by atoms with Crippen molar-refractivity contribution in [1.29, 1.82) is 0 Å². The SMILES string of the molecule is O=C(Nc1ccccc1Oc1ccccc1)C1CN(c2cc(-n3cncn3)ncn2)C1. The molecule has 154 valence electrons. The molecule has 31 heavy (non-hydrogen) atoms. The highest BCUT2D eigenvalue weighted by Crippen LogP contribution is 2.31. The van der Waals surface area contributed by atoms with E-state index in [2.05, 4.69) is 25.4 Å². The molecule has 1 aliphatic heterocycles. The molecule has 1 fully saturated rings. The molecule has 0 unspecified atom stereocenters. The van der Waals surface area contributed by atoms with E-state index in [1.807, 2.05) is 65.6 Å². The fourth-order valence-corrected chi connectivity index (χ4v) is 3.30. The van der Waals surface area contributed by atoms with E-state index in [-0.39, 0.29) is 11.8 Å². The minimum Gasteiger partial charge on any atom is -0.455 e. The van der Waals surface area contributed by atoms with Crippen LogP contribution in [-0.2, 0) is 4.79 Å². The molecule has 0 radical (unpaired) electrons. The Hall–Kier alpha value is -4.27. The molecule has 0 spiro atoms. The molecule has 0 atom stereocenters. The van der Waals surface area contributed by atoms with Crippen molar-refractivity contribution in [1.82, 2.24) is 24.7 Å². The van der Waals surface area contributed by atoms with Crippen LogP contribution in [0.2, 0.25) is 0 Å². The number of carbonyl (C=O) groups is 1. The zero-order valence-electron chi connectivity index (χ0n) is 16.5. The van der Waals surface area contributed by atoms with Gasteiger partial charge in [-0.25, -0.2) is 19.6 Å². The van der Waals surface area contributed by atoms with Crippen LogP contribution in [0.5, 0.6) is 11.5 Å². The highest BCUT2D eigenvalue weighted by molar-refractivity contribution is 5.95. The van der Waals surface area contributed by atoms with E-state index in [1.54, 1.807) is 11.0 Å². The van der Waals surface area contributed by atoms with Crippen LogP contribution >= 0.6 is 0 Å². The maximum absolute atomic E-state index is 12.8. The number of ether oxygens (including phenoxy) is 1. The first kappa shape index (κ1) is 18.7. The minimum atomic E-state index is -0.144. The van der Waals surface area contributed by atoms with E-state index in [0.29, 0.717) is 36.1 Å². The summed E-state index contributed by atoms with van der Waals surface area (Å²) >= 11 is 0. The molecule has 4 aromatic rings. The van der Waals surface area contributed by atoms with Crippen LogP contribution in [0.4, 0.5) is 11.5 Å². The minimum absolute atomic E-state index is 0.0501. The molecular formula is C22H19N7O2. The Bertz CT molecular complexity index is 1180. The van der Waals surface area contributed by atoms with E-state index >= 15 is 0 Å². The first-order valence-electron chi connectivity index (χ1n) is 9.81. The van der Waals surface area contributed by atoms with Crippen LogP contribution in [-0.4, -0.2) is 43.7 Å². The Morgan fingerprint density at radius 1 is 0.968 bits per heavy atom. The summed E-state index contributed by atoms with van der Waals surface area (Å²) in [4.78, 5) is 27.3. The normalized spacial score (nSPS) is 13.5. The summed E-state index contributed by atoms with van der Waals surface area (Å²) in [6, 6.07) is 18.7. The van der Waals surface area contributed by atoms with Crippen LogP contribution in [0.1, 0.15) is 0 Å². The zero-order valence-corrected chi connectivity index (χ0v) is 16.5. The Labute approximate surface area is 178 Å². The van der Waals surface area contributed by atoms with Crippen molar-refractivity contribution in [2.24, 2.45) is 5.92 Å². The molecular weight excluding hydrogens is 394 g/mol. The van der Waals surface area contributed by atoms with Gasteiger partial charge in [-0.3, -0.25) is 4.79 Å². The van der Waals surface area contributed by atoms with Crippen molar-refractivity contribution in [2.75, 3.05) is 23.3 Å². The van der Waals surface area contributed by atoms with E-state index < -0.39 is 0 Å². The lowest BCUT2D eigenvalue weighted by atomic mass is 9.99. The lowest BCUT2D eigenvalue weighted by Crippen LogP contribution is -2.52. The van der Waals surface area contributed by atoms with Crippen LogP contribution in [0.3, 0.4) is 0 Å². The van der Waals surface area contributed by atoms with Gasteiger partial charge in [0, 0.05) is 19.2 Å². The summed E-state index contributed by atoms with van der Waals surface area (Å²) in [6.45, 7) is 1.14. The number of hydrogen-bond acceptors (Lipinski definition) is 7. The Morgan fingerprint density at radius 3 is 2.55 bits per heavy atom. The number of rotatable bonds is 6. The number of amides is 1. The molecule has 5 rings (SSSR count). The standard InChI is InChI=1S/C22H19N7O2/c30-22(27-18-8-4-5-9-19(18)31-17-6-2-1-3-7-17)16-11-28(12-16)20-10-21(25-14-24-20)29-15-23-13-26-29/h1-10,13-16H,11-12H2,(H,27,30). The van der Waals surface area contributed by atoms with Crippen molar-refractivity contribution in [2.45, 2.75) is 0 Å². The van der Waals surface area contributed by atoms with Gasteiger partial charge in [0.1, 0.15) is 30.5 Å². The third-order valence-electron chi connectivity index (χ3n) is 4.98. The quantitative estimate of drug-likeness (QED) is 0.519. The molecule has 1 amide bonds. The summed E-state index contributed by atoms with van der Waals surface area (Å²) in [5.74, 6) is 2.50. The molecule has 3 heterocycles. The monoisotopic (exact) mass is 413 g/mol. The number of benzene rings is 2. The van der Waals surface area contributed by atoms with Gasteiger partial charge in [-0.15, -0.1) is 0 Å². The van der Waals surface area contributed by atoms with Gasteiger partial charge in [0.2, 0.25) is 5.91 Å². The van der Waals surface area contributed by atoms with Gasteiger partial charge in [0.25, 0.3) is 0 Å². The second-order valence-corrected chi connectivity index (χ2v) is 7.08. The van der Waals surface area contributed by atoms with Gasteiger partial charge in [-0.1, -0.05) is 30.3 Å². The highest BCUT2D eigenvalue weighted by atomic mass is 16.5. The number of nitrogens with one attached hydrogen (secondary N) is 1. The fraction of sp³-hybridized carbons (Fsp3) is 0.136. The zero-order chi connectivity index (χ0) is 21.0. The maximum atomic E-state index is 12.8. The van der Waals surface area contributed by atoms with Crippen LogP contribution in [0, 0.1) is 5.92 Å². The van der Waals surface area contributed by atoms with Gasteiger partial charge >= 0.3 is 0 Å². The molecule has 1 saturated heterocycles. The Balaban J connectivity index is 1.22. The van der Waals surface area contributed by atoms with E-state index in [0.717, 1.165) is 5.82 Å². The predicted octanol–water partition coefficient (Wildman–Crippen LogP) is 2.92. The average molecular weight is 413 g/mol. The van der Waals surface area contributed by atoms with Crippen molar-refractivity contribution in [3.63, 3.8) is 0 Å². The average Bonchev–Trinajstić information content (AvgIpc) is 3.30. The number of carbonyl (C=O) groups excluding carboxylic acids is 1. The largest absolute Gasteiger partial charge is 0.455 e. The molecule has 0 saturated carbocycles. The van der Waals surface area contributed by atoms with Gasteiger partial charge in [0.15, 0.2) is 11.6 Å². The summed E-state index contributed by atoms with van der Waals surface area (Å²) in [5, 5.41) is 7.07. The van der Waals surface area contributed by atoms with E-state index in [1.165, 1.54) is 12.7 Å². The second kappa shape index (κ2) is 8.23. The Kier molecular flexibility index (Phi) is 4.97. The number of anilines is 2. The maximum Gasteiger partial charge on any atom is 0.231 e. The van der Waals surface area contributed by atoms with Gasteiger partial charge in [-0.05, 0) is 24.3 Å². The summed E-state index contributed by atoms with van der Waals surface area (Å²) in [7, 11) is 0. The summed E-state index contributed by atoms with van der Waals surface area (Å²) in [5.41, 5.74) is 0.644. The van der Waals surface area contributed by atoms with Gasteiger partial charge in [0.05, 0.1) is 11.6 Å².